The van der Waals surface area contributed by atoms with Gasteiger partial charge in [-0.2, -0.15) is 5.26 Å². The summed E-state index contributed by atoms with van der Waals surface area (Å²) in [5.74, 6) is -1.24. The van der Waals surface area contributed by atoms with Gasteiger partial charge < -0.3 is 24.7 Å². The van der Waals surface area contributed by atoms with Crippen LogP contribution < -0.4 is 19.9 Å². The molecule has 0 saturated heterocycles. The number of carbonyl (C=O) groups excluding carboxylic acids is 2. The molecule has 2 aromatic carbocycles. The van der Waals surface area contributed by atoms with Crippen molar-refractivity contribution < 1.29 is 24.2 Å². The summed E-state index contributed by atoms with van der Waals surface area (Å²) >= 11 is 6.26. The number of benzene rings is 2. The summed E-state index contributed by atoms with van der Waals surface area (Å²) in [4.78, 5) is 23.2. The number of carboxylic acid groups (broad SMARTS) is 1. The molecular weight excluding hydrogens is 396 g/mol. The van der Waals surface area contributed by atoms with Gasteiger partial charge in [-0.25, -0.2) is 0 Å². The second kappa shape index (κ2) is 9.62. The Labute approximate surface area is 173 Å². The van der Waals surface area contributed by atoms with Crippen LogP contribution in [0.25, 0.3) is 6.08 Å². The minimum absolute atomic E-state index is 0.0236. The summed E-state index contributed by atoms with van der Waals surface area (Å²) in [5.41, 5.74) is 0.605. The van der Waals surface area contributed by atoms with Crippen LogP contribution in [0.15, 0.2) is 42.0 Å². The first kappa shape index (κ1) is 21.8. The van der Waals surface area contributed by atoms with Crippen LogP contribution in [0.2, 0.25) is 5.02 Å². The van der Waals surface area contributed by atoms with Crippen LogP contribution in [0.3, 0.4) is 0 Å². The van der Waals surface area contributed by atoms with Crippen molar-refractivity contribution in [1.82, 2.24) is 0 Å². The van der Waals surface area contributed by atoms with E-state index in [0.717, 1.165) is 0 Å². The fourth-order valence-corrected chi connectivity index (χ4v) is 2.64. The maximum absolute atomic E-state index is 12.4. The number of nitrogens with one attached hydrogen (secondary N) is 1. The smallest absolute Gasteiger partial charge is 0.266 e. The molecule has 1 N–H and O–H groups in total. The molecule has 2 aromatic rings. The van der Waals surface area contributed by atoms with Gasteiger partial charge in [0.05, 0.1) is 24.2 Å². The molecule has 8 heteroatoms. The number of carbonyl (C=O) groups is 2. The molecule has 0 bridgehead atoms. The van der Waals surface area contributed by atoms with Crippen molar-refractivity contribution in [1.29, 1.82) is 5.26 Å². The lowest BCUT2D eigenvalue weighted by atomic mass is 10.1. The number of anilines is 1. The summed E-state index contributed by atoms with van der Waals surface area (Å²) in [6, 6.07) is 10.4. The highest BCUT2D eigenvalue weighted by atomic mass is 35.5. The second-order valence-electron chi connectivity index (χ2n) is 6.19. The molecule has 0 aliphatic rings. The molecule has 0 saturated carbocycles. The SMILES string of the molecule is COc1cc(/C=C(\C#N)C(=O)Nc2ccc(C(=O)[O-])cc2)cc(Cl)c1OC(C)C. The van der Waals surface area contributed by atoms with E-state index in [4.69, 9.17) is 21.1 Å². The van der Waals surface area contributed by atoms with Crippen molar-refractivity contribution in [2.75, 3.05) is 12.4 Å². The first-order chi connectivity index (χ1) is 13.7. The number of amides is 1. The number of rotatable bonds is 7. The van der Waals surface area contributed by atoms with Crippen molar-refractivity contribution in [3.63, 3.8) is 0 Å². The number of nitriles is 1. The van der Waals surface area contributed by atoms with Gasteiger partial charge in [0, 0.05) is 5.69 Å². The number of halogens is 1. The predicted octanol–water partition coefficient (Wildman–Crippen LogP) is 3.04. The molecule has 0 aromatic heterocycles. The monoisotopic (exact) mass is 413 g/mol. The van der Waals surface area contributed by atoms with E-state index in [-0.39, 0.29) is 22.3 Å². The number of hydrogen-bond donors (Lipinski definition) is 1. The summed E-state index contributed by atoms with van der Waals surface area (Å²) in [5, 5.41) is 22.9. The zero-order valence-corrected chi connectivity index (χ0v) is 16.7. The Morgan fingerprint density at radius 3 is 2.41 bits per heavy atom. The zero-order valence-electron chi connectivity index (χ0n) is 16.0. The number of aromatic carboxylic acids is 1. The van der Waals surface area contributed by atoms with Crippen LogP contribution in [0, 0.1) is 11.3 Å². The normalized spacial score (nSPS) is 11.0. The molecule has 0 heterocycles. The van der Waals surface area contributed by atoms with E-state index in [0.29, 0.717) is 22.7 Å². The maximum atomic E-state index is 12.4. The van der Waals surface area contributed by atoms with Crippen LogP contribution in [-0.4, -0.2) is 25.1 Å². The molecular formula is C21H18ClN2O5-. The highest BCUT2D eigenvalue weighted by molar-refractivity contribution is 6.32. The Morgan fingerprint density at radius 2 is 1.90 bits per heavy atom. The first-order valence-corrected chi connectivity index (χ1v) is 8.91. The third-order valence-electron chi connectivity index (χ3n) is 3.66. The minimum Gasteiger partial charge on any atom is -0.545 e. The number of nitrogens with zero attached hydrogens (tertiary/aromatic N) is 1. The van der Waals surface area contributed by atoms with Crippen LogP contribution in [-0.2, 0) is 4.79 Å². The average molecular weight is 414 g/mol. The molecule has 0 aliphatic heterocycles. The lowest BCUT2D eigenvalue weighted by molar-refractivity contribution is -0.255. The van der Waals surface area contributed by atoms with Gasteiger partial charge >= 0.3 is 0 Å². The lowest BCUT2D eigenvalue weighted by Gasteiger charge is -2.15. The second-order valence-corrected chi connectivity index (χ2v) is 6.60. The Bertz CT molecular complexity index is 991. The highest BCUT2D eigenvalue weighted by Crippen LogP contribution is 2.37. The Kier molecular flexibility index (Phi) is 7.23. The number of ether oxygens (including phenoxy) is 2. The third kappa shape index (κ3) is 5.74. The summed E-state index contributed by atoms with van der Waals surface area (Å²) in [7, 11) is 1.46. The number of carboxylic acids is 1. The van der Waals surface area contributed by atoms with Crippen molar-refractivity contribution in [2.24, 2.45) is 0 Å². The molecule has 0 radical (unpaired) electrons. The van der Waals surface area contributed by atoms with Crippen LogP contribution >= 0.6 is 11.6 Å². The summed E-state index contributed by atoms with van der Waals surface area (Å²) in [6.07, 6.45) is 1.24. The van der Waals surface area contributed by atoms with Gasteiger partial charge in [-0.15, -0.1) is 0 Å². The van der Waals surface area contributed by atoms with Gasteiger partial charge in [0.25, 0.3) is 5.91 Å². The maximum Gasteiger partial charge on any atom is 0.266 e. The Morgan fingerprint density at radius 1 is 1.24 bits per heavy atom. The quantitative estimate of drug-likeness (QED) is 0.551. The largest absolute Gasteiger partial charge is 0.545 e. The molecule has 7 nitrogen and oxygen atoms in total. The molecule has 1 amide bonds. The predicted molar refractivity (Wildman–Crippen MR) is 107 cm³/mol. The van der Waals surface area contributed by atoms with Crippen molar-refractivity contribution in [3.8, 4) is 17.6 Å². The fraction of sp³-hybridized carbons (Fsp3) is 0.190. The van der Waals surface area contributed by atoms with E-state index in [1.165, 1.54) is 37.5 Å². The first-order valence-electron chi connectivity index (χ1n) is 8.54. The zero-order chi connectivity index (χ0) is 21.6. The number of hydrogen-bond acceptors (Lipinski definition) is 6. The van der Waals surface area contributed by atoms with Crippen molar-refractivity contribution in [2.45, 2.75) is 20.0 Å². The van der Waals surface area contributed by atoms with Crippen LogP contribution in [0.4, 0.5) is 5.69 Å². The van der Waals surface area contributed by atoms with Crippen LogP contribution in [0.5, 0.6) is 11.5 Å². The van der Waals surface area contributed by atoms with Gasteiger partial charge in [-0.05, 0) is 55.3 Å². The van der Waals surface area contributed by atoms with Gasteiger partial charge in [0.1, 0.15) is 11.6 Å². The van der Waals surface area contributed by atoms with Gasteiger partial charge in [0.2, 0.25) is 0 Å². The minimum atomic E-state index is -1.32. The van der Waals surface area contributed by atoms with Gasteiger partial charge in [-0.3, -0.25) is 4.79 Å². The Hall–Kier alpha value is -3.50. The van der Waals surface area contributed by atoms with E-state index in [9.17, 15) is 20.0 Å². The Balaban J connectivity index is 2.28. The number of methoxy groups -OCH3 is 1. The van der Waals surface area contributed by atoms with Gasteiger partial charge in [0.15, 0.2) is 11.5 Å². The summed E-state index contributed by atoms with van der Waals surface area (Å²) in [6.45, 7) is 3.70. The standard InChI is InChI=1S/C21H19ClN2O5/c1-12(2)29-19-17(22)9-13(10-18(19)28-3)8-15(11-23)20(25)24-16-6-4-14(5-7-16)21(26)27/h4-10,12H,1-3H3,(H,24,25)(H,26,27)/p-1/b15-8+. The molecule has 2 rings (SSSR count). The molecule has 0 spiro atoms. The van der Waals surface area contributed by atoms with Crippen molar-refractivity contribution in [3.05, 3.63) is 58.1 Å². The summed E-state index contributed by atoms with van der Waals surface area (Å²) < 4.78 is 10.9. The van der Waals surface area contributed by atoms with E-state index < -0.39 is 11.9 Å². The molecule has 0 unspecified atom stereocenters. The van der Waals surface area contributed by atoms with Crippen molar-refractivity contribution >= 4 is 35.2 Å². The van der Waals surface area contributed by atoms with E-state index in [2.05, 4.69) is 5.32 Å². The van der Waals surface area contributed by atoms with E-state index in [1.807, 2.05) is 19.9 Å². The molecule has 0 aliphatic carbocycles. The lowest BCUT2D eigenvalue weighted by Crippen LogP contribution is -2.22. The van der Waals surface area contributed by atoms with E-state index >= 15 is 0 Å². The van der Waals surface area contributed by atoms with Crippen LogP contribution in [0.1, 0.15) is 29.8 Å². The topological polar surface area (TPSA) is 111 Å². The third-order valence-corrected chi connectivity index (χ3v) is 3.94. The highest BCUT2D eigenvalue weighted by Gasteiger charge is 2.15. The van der Waals surface area contributed by atoms with Gasteiger partial charge in [-0.1, -0.05) is 23.7 Å². The average Bonchev–Trinajstić information content (AvgIpc) is 2.67. The molecule has 0 fully saturated rings. The van der Waals surface area contributed by atoms with E-state index in [1.54, 1.807) is 12.1 Å². The molecule has 150 valence electrons. The fourth-order valence-electron chi connectivity index (χ4n) is 2.38. The molecule has 0 atom stereocenters. The molecule has 29 heavy (non-hydrogen) atoms.